The molecule has 4 aromatic rings. The molecule has 2 aromatic heterocycles. The molecular formula is C32H37ClFN5O4. The number of aryl methyl sites for hydroxylation is 1. The standard InChI is InChI=1S/C32H37ClFN5O4/c1-18-8-9-22-29(36-17-39(22)24-7-5-6-12-41-24)25(18)26-21(33)13-20-28(27(26)34)35-14-23-30(20)38-11-10-37(15-19(38)16-42-23)31(40)43-32(2,3)4/h8-9,13-14,17,19,24,31,40H,5-7,10-12,15-16H2,1-4H3/t19-,24?,31?/m1/s1. The van der Waals surface area contributed by atoms with Gasteiger partial charge in [0, 0.05) is 42.8 Å². The number of imidazole rings is 1. The fraction of sp³-hybridized carbons (Fsp3) is 0.500. The molecular weight excluding hydrogens is 573 g/mol. The van der Waals surface area contributed by atoms with E-state index < -0.39 is 17.8 Å². The van der Waals surface area contributed by atoms with Crippen LogP contribution in [0.4, 0.5) is 10.1 Å². The lowest BCUT2D eigenvalue weighted by Gasteiger charge is -2.47. The molecule has 3 aliphatic rings. The molecule has 3 aliphatic heterocycles. The zero-order valence-corrected chi connectivity index (χ0v) is 25.7. The van der Waals surface area contributed by atoms with Gasteiger partial charge in [-0.25, -0.2) is 14.4 Å². The van der Waals surface area contributed by atoms with Crippen molar-refractivity contribution in [3.8, 4) is 16.9 Å². The van der Waals surface area contributed by atoms with Gasteiger partial charge in [-0.15, -0.1) is 0 Å². The lowest BCUT2D eigenvalue weighted by Crippen LogP contribution is -2.60. The molecule has 228 valence electrons. The lowest BCUT2D eigenvalue weighted by molar-refractivity contribution is -0.241. The van der Waals surface area contributed by atoms with Crippen molar-refractivity contribution in [3.05, 3.63) is 47.1 Å². The summed E-state index contributed by atoms with van der Waals surface area (Å²) in [5, 5.41) is 11.6. The second-order valence-electron chi connectivity index (χ2n) is 12.7. The zero-order valence-electron chi connectivity index (χ0n) is 24.9. The highest BCUT2D eigenvalue weighted by molar-refractivity contribution is 6.35. The largest absolute Gasteiger partial charge is 0.488 e. The molecule has 0 saturated carbocycles. The van der Waals surface area contributed by atoms with Crippen LogP contribution in [0.25, 0.3) is 33.1 Å². The number of anilines is 1. The number of pyridine rings is 1. The van der Waals surface area contributed by atoms with Gasteiger partial charge in [0.1, 0.15) is 18.4 Å². The second kappa shape index (κ2) is 10.9. The van der Waals surface area contributed by atoms with Crippen LogP contribution in [0.2, 0.25) is 5.02 Å². The van der Waals surface area contributed by atoms with Gasteiger partial charge in [0.05, 0.1) is 45.9 Å². The van der Waals surface area contributed by atoms with E-state index in [4.69, 9.17) is 30.8 Å². The minimum absolute atomic E-state index is 0.0615. The molecule has 2 aromatic carbocycles. The number of halogens is 2. The molecule has 43 heavy (non-hydrogen) atoms. The maximum atomic E-state index is 16.7. The van der Waals surface area contributed by atoms with Gasteiger partial charge in [0.15, 0.2) is 11.6 Å². The van der Waals surface area contributed by atoms with E-state index in [1.165, 1.54) is 0 Å². The molecule has 11 heteroatoms. The third-order valence-electron chi connectivity index (χ3n) is 8.67. The van der Waals surface area contributed by atoms with Crippen molar-refractivity contribution in [1.82, 2.24) is 19.4 Å². The third kappa shape index (κ3) is 5.03. The Kier molecular flexibility index (Phi) is 7.25. The van der Waals surface area contributed by atoms with Crippen LogP contribution in [0.5, 0.6) is 5.75 Å². The van der Waals surface area contributed by atoms with E-state index in [1.54, 1.807) is 18.6 Å². The molecule has 0 radical (unpaired) electrons. The molecule has 5 heterocycles. The molecule has 1 N–H and O–H groups in total. The molecule has 9 nitrogen and oxygen atoms in total. The van der Waals surface area contributed by atoms with Crippen molar-refractivity contribution < 1.29 is 23.7 Å². The minimum Gasteiger partial charge on any atom is -0.488 e. The van der Waals surface area contributed by atoms with E-state index in [1.807, 2.05) is 49.3 Å². The Morgan fingerprint density at radius 1 is 1.14 bits per heavy atom. The van der Waals surface area contributed by atoms with Crippen molar-refractivity contribution in [2.24, 2.45) is 0 Å². The van der Waals surface area contributed by atoms with E-state index >= 15 is 4.39 Å². The normalized spacial score (nSPS) is 22.0. The fourth-order valence-corrected chi connectivity index (χ4v) is 6.93. The molecule has 3 atom stereocenters. The van der Waals surface area contributed by atoms with Crippen LogP contribution in [0.3, 0.4) is 0 Å². The lowest BCUT2D eigenvalue weighted by atomic mass is 9.95. The molecule has 0 spiro atoms. The summed E-state index contributed by atoms with van der Waals surface area (Å²) in [7, 11) is 0. The summed E-state index contributed by atoms with van der Waals surface area (Å²) in [6, 6.07) is 5.74. The first-order chi connectivity index (χ1) is 20.6. The first-order valence-electron chi connectivity index (χ1n) is 15.0. The quantitative estimate of drug-likeness (QED) is 0.281. The van der Waals surface area contributed by atoms with E-state index in [-0.39, 0.29) is 22.8 Å². The van der Waals surface area contributed by atoms with Gasteiger partial charge in [0.25, 0.3) is 0 Å². The van der Waals surface area contributed by atoms with E-state index in [0.717, 1.165) is 42.6 Å². The van der Waals surface area contributed by atoms with Crippen LogP contribution in [0.1, 0.15) is 51.8 Å². The Labute approximate surface area is 255 Å². The van der Waals surface area contributed by atoms with Gasteiger partial charge < -0.3 is 28.8 Å². The van der Waals surface area contributed by atoms with Crippen LogP contribution in [-0.2, 0) is 9.47 Å². The van der Waals surface area contributed by atoms with Gasteiger partial charge >= 0.3 is 0 Å². The number of hydrogen-bond donors (Lipinski definition) is 1. The summed E-state index contributed by atoms with van der Waals surface area (Å²) in [4.78, 5) is 13.4. The average molecular weight is 610 g/mol. The number of rotatable bonds is 4. The van der Waals surface area contributed by atoms with Crippen LogP contribution >= 0.6 is 11.6 Å². The summed E-state index contributed by atoms with van der Waals surface area (Å²) < 4.78 is 36.7. The summed E-state index contributed by atoms with van der Waals surface area (Å²) in [5.74, 6) is 0.107. The van der Waals surface area contributed by atoms with Gasteiger partial charge in [0.2, 0.25) is 6.41 Å². The average Bonchev–Trinajstić information content (AvgIpc) is 3.41. The number of aliphatic hydroxyl groups is 1. The molecule has 2 fully saturated rings. The van der Waals surface area contributed by atoms with Crippen LogP contribution < -0.4 is 9.64 Å². The monoisotopic (exact) mass is 609 g/mol. The first kappa shape index (κ1) is 28.7. The van der Waals surface area contributed by atoms with E-state index in [0.29, 0.717) is 54.0 Å². The predicted molar refractivity (Wildman–Crippen MR) is 164 cm³/mol. The number of aromatic nitrogens is 3. The Morgan fingerprint density at radius 3 is 2.74 bits per heavy atom. The maximum absolute atomic E-state index is 16.7. The van der Waals surface area contributed by atoms with Gasteiger partial charge in [-0.1, -0.05) is 17.7 Å². The first-order valence-corrected chi connectivity index (χ1v) is 15.4. The number of piperazine rings is 1. The van der Waals surface area contributed by atoms with Crippen LogP contribution in [0.15, 0.2) is 30.7 Å². The van der Waals surface area contributed by atoms with Crippen molar-refractivity contribution in [2.75, 3.05) is 37.7 Å². The van der Waals surface area contributed by atoms with Crippen molar-refractivity contribution >= 4 is 39.2 Å². The summed E-state index contributed by atoms with van der Waals surface area (Å²) >= 11 is 6.97. The Hall–Kier alpha value is -3.02. The van der Waals surface area contributed by atoms with E-state index in [9.17, 15) is 5.11 Å². The highest BCUT2D eigenvalue weighted by Gasteiger charge is 2.38. The van der Waals surface area contributed by atoms with Crippen molar-refractivity contribution in [1.29, 1.82) is 0 Å². The summed E-state index contributed by atoms with van der Waals surface area (Å²) in [6.07, 6.45) is 5.33. The molecule has 0 aliphatic carbocycles. The maximum Gasteiger partial charge on any atom is 0.216 e. The second-order valence-corrected chi connectivity index (χ2v) is 13.1. The molecule has 7 rings (SSSR count). The smallest absolute Gasteiger partial charge is 0.216 e. The summed E-state index contributed by atoms with van der Waals surface area (Å²) in [6.45, 7) is 10.5. The van der Waals surface area contributed by atoms with Crippen LogP contribution in [-0.4, -0.2) is 75.4 Å². The number of fused-ring (bicyclic) bond motifs is 6. The fourth-order valence-electron chi connectivity index (χ4n) is 6.65. The third-order valence-corrected chi connectivity index (χ3v) is 8.96. The van der Waals surface area contributed by atoms with Gasteiger partial charge in [-0.3, -0.25) is 4.90 Å². The SMILES string of the molecule is Cc1ccc2c(ncn2C2CCCCO2)c1-c1c(Cl)cc2c3c(cnc2c1F)OC[C@H]1CN(C(O)OC(C)(C)C)CCN31. The molecule has 2 unspecified atom stereocenters. The Bertz CT molecular complexity index is 1700. The number of aliphatic hydroxyl groups excluding tert-OH is 1. The Morgan fingerprint density at radius 2 is 1.98 bits per heavy atom. The van der Waals surface area contributed by atoms with Gasteiger partial charge in [-0.2, -0.15) is 0 Å². The topological polar surface area (TPSA) is 85.1 Å². The van der Waals surface area contributed by atoms with Crippen molar-refractivity contribution in [2.45, 2.75) is 71.2 Å². The van der Waals surface area contributed by atoms with Crippen molar-refractivity contribution in [3.63, 3.8) is 0 Å². The predicted octanol–water partition coefficient (Wildman–Crippen LogP) is 6.03. The zero-order chi connectivity index (χ0) is 30.0. The number of nitrogens with zero attached hydrogens (tertiary/aromatic N) is 5. The summed E-state index contributed by atoms with van der Waals surface area (Å²) in [5.41, 5.74) is 3.91. The van der Waals surface area contributed by atoms with E-state index in [2.05, 4.69) is 9.88 Å². The minimum atomic E-state index is -1.02. The Balaban J connectivity index is 1.28. The van der Waals surface area contributed by atoms with Gasteiger partial charge in [-0.05, 0) is 64.7 Å². The number of hydrogen-bond acceptors (Lipinski definition) is 8. The highest BCUT2D eigenvalue weighted by atomic mass is 35.5. The molecule has 0 bridgehead atoms. The number of benzene rings is 2. The number of ether oxygens (including phenoxy) is 3. The highest BCUT2D eigenvalue weighted by Crippen LogP contribution is 2.46. The molecule has 0 amide bonds. The van der Waals surface area contributed by atoms with Crippen LogP contribution in [0, 0.1) is 12.7 Å². The molecule has 2 saturated heterocycles.